The summed E-state index contributed by atoms with van der Waals surface area (Å²) >= 11 is 0. The van der Waals surface area contributed by atoms with Gasteiger partial charge in [0, 0.05) is 18.8 Å². The number of hydrogen-bond acceptors (Lipinski definition) is 4. The lowest BCUT2D eigenvalue weighted by Crippen LogP contribution is -2.35. The van der Waals surface area contributed by atoms with E-state index in [2.05, 4.69) is 15.5 Å². The summed E-state index contributed by atoms with van der Waals surface area (Å²) in [5.41, 5.74) is 0.682. The molecule has 0 spiro atoms. The van der Waals surface area contributed by atoms with E-state index < -0.39 is 34.1 Å². The van der Waals surface area contributed by atoms with Crippen molar-refractivity contribution in [1.29, 1.82) is 0 Å². The van der Waals surface area contributed by atoms with E-state index >= 15 is 0 Å². The van der Waals surface area contributed by atoms with Gasteiger partial charge < -0.3 is 5.32 Å². The van der Waals surface area contributed by atoms with E-state index in [1.165, 1.54) is 20.0 Å². The number of nitrogens with one attached hydrogen (secondary N) is 2. The number of rotatable bonds is 5. The number of amides is 1. The molecule has 0 aliphatic carbocycles. The van der Waals surface area contributed by atoms with Crippen LogP contribution in [-0.4, -0.2) is 42.4 Å². The molecule has 0 bridgehead atoms. The molecule has 0 radical (unpaired) electrons. The molecule has 130 valence electrons. The van der Waals surface area contributed by atoms with Gasteiger partial charge in [-0.1, -0.05) is 0 Å². The Hall–Kier alpha value is -2.33. The van der Waals surface area contributed by atoms with Crippen LogP contribution >= 0.6 is 0 Å². The Morgan fingerprint density at radius 1 is 1.29 bits per heavy atom. The van der Waals surface area contributed by atoms with E-state index in [-0.39, 0.29) is 10.6 Å². The number of aryl methyl sites for hydroxylation is 2. The van der Waals surface area contributed by atoms with Crippen molar-refractivity contribution < 1.29 is 22.0 Å². The molecule has 0 aliphatic rings. The zero-order valence-electron chi connectivity index (χ0n) is 13.2. The first kappa shape index (κ1) is 18.0. The number of sulfonamides is 1. The highest BCUT2D eigenvalue weighted by Crippen LogP contribution is 2.20. The first-order chi connectivity index (χ1) is 11.1. The molecule has 10 heteroatoms. The van der Waals surface area contributed by atoms with Gasteiger partial charge in [0.1, 0.15) is 4.90 Å². The van der Waals surface area contributed by atoms with Gasteiger partial charge in [-0.15, -0.1) is 0 Å². The van der Waals surface area contributed by atoms with Crippen molar-refractivity contribution in [2.75, 3.05) is 18.9 Å². The van der Waals surface area contributed by atoms with E-state index in [9.17, 15) is 22.0 Å². The summed E-state index contributed by atoms with van der Waals surface area (Å²) in [6, 6.07) is 2.85. The van der Waals surface area contributed by atoms with Crippen molar-refractivity contribution in [3.8, 4) is 0 Å². The lowest BCUT2D eigenvalue weighted by Gasteiger charge is -2.17. The van der Waals surface area contributed by atoms with Crippen LogP contribution in [0.5, 0.6) is 0 Å². The molecule has 2 aromatic rings. The van der Waals surface area contributed by atoms with Gasteiger partial charge in [0.25, 0.3) is 0 Å². The third-order valence-corrected chi connectivity index (χ3v) is 5.37. The van der Waals surface area contributed by atoms with Crippen molar-refractivity contribution in [3.05, 3.63) is 41.2 Å². The summed E-state index contributed by atoms with van der Waals surface area (Å²) in [6.07, 6.45) is 0. The van der Waals surface area contributed by atoms with Crippen LogP contribution in [0.1, 0.15) is 11.4 Å². The number of carbonyl (C=O) groups is 1. The highest BCUT2D eigenvalue weighted by atomic mass is 32.2. The number of H-pyrrole nitrogens is 1. The normalized spacial score (nSPS) is 11.8. The minimum atomic E-state index is -3.91. The average molecular weight is 358 g/mol. The summed E-state index contributed by atoms with van der Waals surface area (Å²) in [5.74, 6) is -2.84. The van der Waals surface area contributed by atoms with Gasteiger partial charge in [-0.25, -0.2) is 17.2 Å². The quantitative estimate of drug-likeness (QED) is 0.848. The van der Waals surface area contributed by atoms with E-state index in [4.69, 9.17) is 0 Å². The number of hydrogen-bond donors (Lipinski definition) is 2. The third kappa shape index (κ3) is 3.60. The molecule has 0 saturated carbocycles. The van der Waals surface area contributed by atoms with Crippen LogP contribution in [-0.2, 0) is 14.8 Å². The van der Waals surface area contributed by atoms with E-state index in [0.29, 0.717) is 11.4 Å². The number of anilines is 1. The van der Waals surface area contributed by atoms with Crippen LogP contribution < -0.4 is 5.32 Å². The Bertz CT molecular complexity index is 861. The molecule has 0 aliphatic heterocycles. The number of aromatic amines is 1. The van der Waals surface area contributed by atoms with Gasteiger partial charge in [0.2, 0.25) is 15.9 Å². The molecule has 0 atom stereocenters. The fourth-order valence-corrected chi connectivity index (χ4v) is 3.59. The molecule has 1 heterocycles. The van der Waals surface area contributed by atoms with Crippen molar-refractivity contribution in [2.45, 2.75) is 18.7 Å². The van der Waals surface area contributed by atoms with E-state index in [1.807, 2.05) is 0 Å². The molecule has 7 nitrogen and oxygen atoms in total. The molecule has 1 aromatic heterocycles. The number of benzene rings is 1. The first-order valence-electron chi connectivity index (χ1n) is 6.85. The fourth-order valence-electron chi connectivity index (χ4n) is 2.14. The van der Waals surface area contributed by atoms with Gasteiger partial charge >= 0.3 is 0 Å². The monoisotopic (exact) mass is 358 g/mol. The van der Waals surface area contributed by atoms with Gasteiger partial charge in [0.05, 0.1) is 17.9 Å². The predicted molar refractivity (Wildman–Crippen MR) is 82.9 cm³/mol. The van der Waals surface area contributed by atoms with E-state index in [0.717, 1.165) is 16.4 Å². The minimum Gasteiger partial charge on any atom is -0.325 e. The van der Waals surface area contributed by atoms with Gasteiger partial charge in [-0.2, -0.15) is 9.40 Å². The van der Waals surface area contributed by atoms with Crippen LogP contribution in [0.4, 0.5) is 14.5 Å². The fraction of sp³-hybridized carbons (Fsp3) is 0.286. The van der Waals surface area contributed by atoms with Gasteiger partial charge in [-0.3, -0.25) is 9.89 Å². The van der Waals surface area contributed by atoms with Crippen LogP contribution in [0.2, 0.25) is 0 Å². The van der Waals surface area contributed by atoms with Crippen LogP contribution in [0, 0.1) is 25.5 Å². The maximum Gasteiger partial charge on any atom is 0.246 e. The smallest absolute Gasteiger partial charge is 0.246 e. The third-order valence-electron chi connectivity index (χ3n) is 3.30. The van der Waals surface area contributed by atoms with Crippen LogP contribution in [0.15, 0.2) is 23.1 Å². The highest BCUT2D eigenvalue weighted by Gasteiger charge is 2.28. The summed E-state index contributed by atoms with van der Waals surface area (Å²) in [6.45, 7) is 2.60. The standard InChI is InChI=1S/C14H16F2N4O3S/c1-8-14(9(2)19-18-8)24(22,23)20(3)7-13(21)17-10-4-5-11(15)12(16)6-10/h4-6H,7H2,1-3H3,(H,17,21)(H,18,19). The topological polar surface area (TPSA) is 95.2 Å². The maximum atomic E-state index is 13.1. The Kier molecular flexibility index (Phi) is 4.99. The van der Waals surface area contributed by atoms with Crippen LogP contribution in [0.25, 0.3) is 0 Å². The zero-order valence-corrected chi connectivity index (χ0v) is 14.0. The Balaban J connectivity index is 2.12. The summed E-state index contributed by atoms with van der Waals surface area (Å²) in [5, 5.41) is 8.70. The number of aromatic nitrogens is 2. The van der Waals surface area contributed by atoms with Crippen LogP contribution in [0.3, 0.4) is 0 Å². The lowest BCUT2D eigenvalue weighted by atomic mass is 10.3. The Labute approximate surface area is 137 Å². The molecular formula is C14H16F2N4O3S. The lowest BCUT2D eigenvalue weighted by molar-refractivity contribution is -0.116. The molecule has 1 aromatic carbocycles. The molecule has 0 fully saturated rings. The SMILES string of the molecule is Cc1n[nH]c(C)c1S(=O)(=O)N(C)CC(=O)Nc1ccc(F)c(F)c1. The van der Waals surface area contributed by atoms with Crippen molar-refractivity contribution in [1.82, 2.24) is 14.5 Å². The highest BCUT2D eigenvalue weighted by molar-refractivity contribution is 7.89. The molecule has 1 amide bonds. The Morgan fingerprint density at radius 3 is 2.50 bits per heavy atom. The van der Waals surface area contributed by atoms with Crippen molar-refractivity contribution in [2.24, 2.45) is 0 Å². The van der Waals surface area contributed by atoms with E-state index in [1.54, 1.807) is 6.92 Å². The summed E-state index contributed by atoms with van der Waals surface area (Å²) in [7, 11) is -2.67. The molecule has 2 N–H and O–H groups in total. The van der Waals surface area contributed by atoms with Gasteiger partial charge in [0.15, 0.2) is 11.6 Å². The maximum absolute atomic E-state index is 13.1. The van der Waals surface area contributed by atoms with Crippen molar-refractivity contribution >= 4 is 21.6 Å². The second-order valence-corrected chi connectivity index (χ2v) is 7.18. The molecule has 0 saturated heterocycles. The number of likely N-dealkylation sites (N-methyl/N-ethyl adjacent to an activating group) is 1. The second kappa shape index (κ2) is 6.65. The number of carbonyl (C=O) groups excluding carboxylic acids is 1. The first-order valence-corrected chi connectivity index (χ1v) is 8.29. The summed E-state index contributed by atoms with van der Waals surface area (Å²) in [4.78, 5) is 12.0. The molecule has 24 heavy (non-hydrogen) atoms. The Morgan fingerprint density at radius 2 is 1.96 bits per heavy atom. The van der Waals surface area contributed by atoms with Crippen molar-refractivity contribution in [3.63, 3.8) is 0 Å². The average Bonchev–Trinajstić information content (AvgIpc) is 2.82. The number of halogens is 2. The minimum absolute atomic E-state index is 0.00521. The molecule has 2 rings (SSSR count). The molecule has 0 unspecified atom stereocenters. The van der Waals surface area contributed by atoms with Gasteiger partial charge in [-0.05, 0) is 26.0 Å². The predicted octanol–water partition coefficient (Wildman–Crippen LogP) is 1.56. The number of nitrogens with zero attached hydrogens (tertiary/aromatic N) is 2. The summed E-state index contributed by atoms with van der Waals surface area (Å²) < 4.78 is 51.8. The second-order valence-electron chi connectivity index (χ2n) is 5.20. The molecular weight excluding hydrogens is 342 g/mol. The zero-order chi connectivity index (χ0) is 18.1. The largest absolute Gasteiger partial charge is 0.325 e.